The molecule has 1 amide bonds. The summed E-state index contributed by atoms with van der Waals surface area (Å²) in [7, 11) is 4.70. The molecule has 0 aliphatic carbocycles. The lowest BCUT2D eigenvalue weighted by Gasteiger charge is -2.11. The van der Waals surface area contributed by atoms with E-state index < -0.39 is 0 Å². The third kappa shape index (κ3) is 4.96. The van der Waals surface area contributed by atoms with Crippen LogP contribution < -0.4 is 25.1 Å². The third-order valence-corrected chi connectivity index (χ3v) is 4.49. The van der Waals surface area contributed by atoms with Gasteiger partial charge in [0.05, 0.1) is 27.0 Å². The van der Waals surface area contributed by atoms with Gasteiger partial charge in [-0.3, -0.25) is 9.59 Å². The normalized spacial score (nSPS) is 10.4. The Bertz CT molecular complexity index is 1080. The highest BCUT2D eigenvalue weighted by Crippen LogP contribution is 2.31. The summed E-state index contributed by atoms with van der Waals surface area (Å²) in [5, 5.41) is 7.11. The van der Waals surface area contributed by atoms with E-state index in [0.29, 0.717) is 23.7 Å². The molecule has 3 rings (SSSR count). The SMILES string of the molecule is COc1ccc(CNC(=O)Cn2nc(-c3ccc(OC)c(OC)c3)ccc2=O)cc1. The van der Waals surface area contributed by atoms with Crippen molar-refractivity contribution in [2.45, 2.75) is 13.1 Å². The number of nitrogens with zero attached hydrogens (tertiary/aromatic N) is 2. The van der Waals surface area contributed by atoms with Gasteiger partial charge in [-0.25, -0.2) is 4.68 Å². The lowest BCUT2D eigenvalue weighted by molar-refractivity contribution is -0.122. The van der Waals surface area contributed by atoms with Crippen molar-refractivity contribution in [3.63, 3.8) is 0 Å². The zero-order valence-corrected chi connectivity index (χ0v) is 17.0. The summed E-state index contributed by atoms with van der Waals surface area (Å²) in [6, 6.07) is 15.7. The molecule has 0 saturated heterocycles. The maximum absolute atomic E-state index is 12.3. The van der Waals surface area contributed by atoms with Crippen LogP contribution in [-0.4, -0.2) is 37.0 Å². The number of carbonyl (C=O) groups is 1. The molecule has 0 saturated carbocycles. The van der Waals surface area contributed by atoms with Crippen LogP contribution in [0.2, 0.25) is 0 Å². The predicted octanol–water partition coefficient (Wildman–Crippen LogP) is 2.25. The number of nitrogens with one attached hydrogen (secondary N) is 1. The van der Waals surface area contributed by atoms with E-state index in [4.69, 9.17) is 14.2 Å². The van der Waals surface area contributed by atoms with Crippen molar-refractivity contribution < 1.29 is 19.0 Å². The lowest BCUT2D eigenvalue weighted by atomic mass is 10.1. The summed E-state index contributed by atoms with van der Waals surface area (Å²) in [6.45, 7) is 0.156. The van der Waals surface area contributed by atoms with Crippen LogP contribution in [-0.2, 0) is 17.9 Å². The number of hydrogen-bond acceptors (Lipinski definition) is 6. The summed E-state index contributed by atoms with van der Waals surface area (Å²) in [6.07, 6.45) is 0. The first-order valence-corrected chi connectivity index (χ1v) is 9.24. The Morgan fingerprint density at radius 1 is 0.933 bits per heavy atom. The van der Waals surface area contributed by atoms with Gasteiger partial charge in [0.25, 0.3) is 5.56 Å². The summed E-state index contributed by atoms with van der Waals surface area (Å²) >= 11 is 0. The second-order valence-electron chi connectivity index (χ2n) is 6.41. The molecule has 156 valence electrons. The first-order valence-electron chi connectivity index (χ1n) is 9.24. The van der Waals surface area contributed by atoms with Crippen molar-refractivity contribution in [1.29, 1.82) is 0 Å². The largest absolute Gasteiger partial charge is 0.497 e. The molecule has 0 fully saturated rings. The number of methoxy groups -OCH3 is 3. The highest BCUT2D eigenvalue weighted by atomic mass is 16.5. The topological polar surface area (TPSA) is 91.7 Å². The van der Waals surface area contributed by atoms with Gasteiger partial charge in [-0.2, -0.15) is 5.10 Å². The molecular weight excluding hydrogens is 386 g/mol. The monoisotopic (exact) mass is 409 g/mol. The number of carbonyl (C=O) groups excluding carboxylic acids is 1. The Morgan fingerprint density at radius 3 is 2.33 bits per heavy atom. The van der Waals surface area contributed by atoms with Crippen molar-refractivity contribution in [2.75, 3.05) is 21.3 Å². The second-order valence-corrected chi connectivity index (χ2v) is 6.41. The van der Waals surface area contributed by atoms with E-state index in [0.717, 1.165) is 21.6 Å². The number of amides is 1. The third-order valence-electron chi connectivity index (χ3n) is 4.49. The fourth-order valence-electron chi connectivity index (χ4n) is 2.85. The Morgan fingerprint density at radius 2 is 1.67 bits per heavy atom. The molecule has 1 heterocycles. The van der Waals surface area contributed by atoms with Gasteiger partial charge in [0.15, 0.2) is 11.5 Å². The van der Waals surface area contributed by atoms with E-state index in [9.17, 15) is 9.59 Å². The number of benzene rings is 2. The molecule has 30 heavy (non-hydrogen) atoms. The molecule has 2 aromatic carbocycles. The average molecular weight is 409 g/mol. The van der Waals surface area contributed by atoms with Gasteiger partial charge < -0.3 is 19.5 Å². The fraction of sp³-hybridized carbons (Fsp3) is 0.227. The van der Waals surface area contributed by atoms with Crippen molar-refractivity contribution in [3.05, 3.63) is 70.5 Å². The van der Waals surface area contributed by atoms with Crippen LogP contribution in [0.25, 0.3) is 11.3 Å². The Kier molecular flexibility index (Phi) is 6.69. The molecular formula is C22H23N3O5. The Hall–Kier alpha value is -3.81. The maximum Gasteiger partial charge on any atom is 0.267 e. The van der Waals surface area contributed by atoms with Gasteiger partial charge in [-0.05, 0) is 42.0 Å². The summed E-state index contributed by atoms with van der Waals surface area (Å²) in [5.74, 6) is 1.57. The van der Waals surface area contributed by atoms with Gasteiger partial charge in [-0.1, -0.05) is 12.1 Å². The first-order chi connectivity index (χ1) is 14.5. The second kappa shape index (κ2) is 9.60. The molecule has 0 aliphatic rings. The number of aromatic nitrogens is 2. The molecule has 0 unspecified atom stereocenters. The highest BCUT2D eigenvalue weighted by molar-refractivity contribution is 5.75. The van der Waals surface area contributed by atoms with Gasteiger partial charge >= 0.3 is 0 Å². The molecule has 1 N–H and O–H groups in total. The number of hydrogen-bond donors (Lipinski definition) is 1. The van der Waals surface area contributed by atoms with Gasteiger partial charge in [0.2, 0.25) is 5.91 Å². The molecule has 0 aliphatic heterocycles. The van der Waals surface area contributed by atoms with E-state index in [-0.39, 0.29) is 18.0 Å². The van der Waals surface area contributed by atoms with Crippen LogP contribution in [0.15, 0.2) is 59.4 Å². The van der Waals surface area contributed by atoms with Crippen molar-refractivity contribution in [3.8, 4) is 28.5 Å². The minimum absolute atomic E-state index is 0.184. The number of ether oxygens (including phenoxy) is 3. The van der Waals surface area contributed by atoms with Crippen LogP contribution in [0.4, 0.5) is 0 Å². The van der Waals surface area contributed by atoms with E-state index in [2.05, 4.69) is 10.4 Å². The van der Waals surface area contributed by atoms with Crippen LogP contribution >= 0.6 is 0 Å². The zero-order valence-electron chi connectivity index (χ0n) is 17.0. The van der Waals surface area contributed by atoms with Gasteiger partial charge in [0, 0.05) is 18.2 Å². The fourth-order valence-corrected chi connectivity index (χ4v) is 2.85. The average Bonchev–Trinajstić information content (AvgIpc) is 2.79. The number of rotatable bonds is 8. The summed E-state index contributed by atoms with van der Waals surface area (Å²) in [5.41, 5.74) is 1.83. The lowest BCUT2D eigenvalue weighted by Crippen LogP contribution is -2.33. The zero-order chi connectivity index (χ0) is 21.5. The van der Waals surface area contributed by atoms with E-state index in [1.54, 1.807) is 39.5 Å². The minimum Gasteiger partial charge on any atom is -0.497 e. The molecule has 0 atom stereocenters. The minimum atomic E-state index is -0.362. The van der Waals surface area contributed by atoms with Crippen molar-refractivity contribution in [2.24, 2.45) is 0 Å². The molecule has 0 bridgehead atoms. The molecule has 8 heteroatoms. The van der Waals surface area contributed by atoms with Crippen LogP contribution in [0.5, 0.6) is 17.2 Å². The van der Waals surface area contributed by atoms with Crippen molar-refractivity contribution >= 4 is 5.91 Å². The standard InChI is InChI=1S/C22H23N3O5/c1-28-17-7-4-15(5-8-17)13-23-21(26)14-25-22(27)11-9-18(24-25)16-6-10-19(29-2)20(12-16)30-3/h4-12H,13-14H2,1-3H3,(H,23,26). The Balaban J connectivity index is 1.72. The van der Waals surface area contributed by atoms with E-state index in [1.165, 1.54) is 6.07 Å². The highest BCUT2D eigenvalue weighted by Gasteiger charge is 2.11. The van der Waals surface area contributed by atoms with Crippen LogP contribution in [0, 0.1) is 0 Å². The summed E-state index contributed by atoms with van der Waals surface area (Å²) < 4.78 is 16.8. The molecule has 1 aromatic heterocycles. The van der Waals surface area contributed by atoms with E-state index in [1.807, 2.05) is 30.3 Å². The van der Waals surface area contributed by atoms with Gasteiger partial charge in [-0.15, -0.1) is 0 Å². The molecule has 0 radical (unpaired) electrons. The smallest absolute Gasteiger partial charge is 0.267 e. The molecule has 8 nitrogen and oxygen atoms in total. The quantitative estimate of drug-likeness (QED) is 0.614. The van der Waals surface area contributed by atoms with Gasteiger partial charge in [0.1, 0.15) is 12.3 Å². The molecule has 3 aromatic rings. The van der Waals surface area contributed by atoms with Crippen LogP contribution in [0.3, 0.4) is 0 Å². The molecule has 0 spiro atoms. The maximum atomic E-state index is 12.3. The summed E-state index contributed by atoms with van der Waals surface area (Å²) in [4.78, 5) is 24.5. The Labute approximate surface area is 174 Å². The predicted molar refractivity (Wildman–Crippen MR) is 112 cm³/mol. The van der Waals surface area contributed by atoms with Crippen molar-refractivity contribution in [1.82, 2.24) is 15.1 Å². The first kappa shape index (κ1) is 20.9. The van der Waals surface area contributed by atoms with Crippen LogP contribution in [0.1, 0.15) is 5.56 Å². The van der Waals surface area contributed by atoms with E-state index >= 15 is 0 Å².